The molecule has 0 aliphatic carbocycles. The van der Waals surface area contributed by atoms with Gasteiger partial charge in [0.25, 0.3) is 0 Å². The Labute approximate surface area is 110 Å². The van der Waals surface area contributed by atoms with E-state index >= 15 is 0 Å². The summed E-state index contributed by atoms with van der Waals surface area (Å²) in [6, 6.07) is 16.1. The smallest absolute Gasteiger partial charge is 0.440 e. The number of hydrogen-bond donors (Lipinski definition) is 0. The predicted molar refractivity (Wildman–Crippen MR) is 76.6 cm³/mol. The zero-order valence-corrected chi connectivity index (χ0v) is 12.2. The first-order valence-corrected chi connectivity index (χ1v) is 8.21. The molecule has 0 bridgehead atoms. The van der Waals surface area contributed by atoms with Crippen molar-refractivity contribution >= 4 is 9.28 Å². The molecule has 0 aliphatic heterocycles. The lowest BCUT2D eigenvalue weighted by Gasteiger charge is -2.17. The second kappa shape index (κ2) is 5.73. The van der Waals surface area contributed by atoms with Crippen LogP contribution in [0.2, 0.25) is 6.55 Å². The van der Waals surface area contributed by atoms with Gasteiger partial charge in [-0.15, -0.1) is 0 Å². The van der Waals surface area contributed by atoms with Crippen LogP contribution in [0.3, 0.4) is 0 Å². The maximum absolute atomic E-state index is 5.92. The molecule has 0 aromatic heterocycles. The molecule has 2 aromatic carbocycles. The van der Waals surface area contributed by atoms with Crippen LogP contribution in [-0.2, 0) is 0 Å². The fourth-order valence-electron chi connectivity index (χ4n) is 1.76. The van der Waals surface area contributed by atoms with Gasteiger partial charge in [-0.1, -0.05) is 36.4 Å². The van der Waals surface area contributed by atoms with Gasteiger partial charge >= 0.3 is 9.28 Å². The summed E-state index contributed by atoms with van der Waals surface area (Å²) < 4.78 is 11.8. The van der Waals surface area contributed by atoms with Gasteiger partial charge in [-0.05, 0) is 43.7 Å². The largest absolute Gasteiger partial charge is 0.514 e. The highest BCUT2D eigenvalue weighted by molar-refractivity contribution is 6.44. The highest BCUT2D eigenvalue weighted by atomic mass is 28.3. The fourth-order valence-corrected chi connectivity index (χ4v) is 3.05. The lowest BCUT2D eigenvalue weighted by Crippen LogP contribution is -2.26. The minimum Gasteiger partial charge on any atom is -0.514 e. The molecule has 0 heterocycles. The van der Waals surface area contributed by atoms with Gasteiger partial charge in [-0.2, -0.15) is 0 Å². The normalized spacial score (nSPS) is 10.4. The molecular formula is C15H18O2Si. The van der Waals surface area contributed by atoms with Crippen LogP contribution in [0.1, 0.15) is 11.1 Å². The Bertz CT molecular complexity index is 478. The number of benzene rings is 2. The highest BCUT2D eigenvalue weighted by Gasteiger charge is 2.12. The molecule has 94 valence electrons. The molecule has 2 rings (SSSR count). The molecule has 0 saturated carbocycles. The van der Waals surface area contributed by atoms with Crippen molar-refractivity contribution in [2.75, 3.05) is 0 Å². The van der Waals surface area contributed by atoms with Gasteiger partial charge in [0, 0.05) is 0 Å². The van der Waals surface area contributed by atoms with Crippen LogP contribution in [0.15, 0.2) is 48.5 Å². The van der Waals surface area contributed by atoms with Gasteiger partial charge < -0.3 is 8.85 Å². The average molecular weight is 258 g/mol. The summed E-state index contributed by atoms with van der Waals surface area (Å²) in [5.41, 5.74) is 2.29. The van der Waals surface area contributed by atoms with Crippen molar-refractivity contribution in [3.8, 4) is 11.5 Å². The SMILES string of the molecule is Cc1ccccc1O[SiH](C)Oc1ccccc1C. The van der Waals surface area contributed by atoms with Crippen molar-refractivity contribution in [1.82, 2.24) is 0 Å². The lowest BCUT2D eigenvalue weighted by molar-refractivity contribution is 0.428. The maximum atomic E-state index is 5.92. The Morgan fingerprint density at radius 2 is 1.11 bits per heavy atom. The van der Waals surface area contributed by atoms with Crippen molar-refractivity contribution in [1.29, 1.82) is 0 Å². The number of rotatable bonds is 4. The summed E-state index contributed by atoms with van der Waals surface area (Å²) in [6.45, 7) is 6.13. The molecule has 2 nitrogen and oxygen atoms in total. The summed E-state index contributed by atoms with van der Waals surface area (Å²) >= 11 is 0. The van der Waals surface area contributed by atoms with Crippen molar-refractivity contribution in [2.45, 2.75) is 20.4 Å². The molecule has 3 heteroatoms. The molecule has 0 fully saturated rings. The van der Waals surface area contributed by atoms with E-state index in [-0.39, 0.29) is 0 Å². The van der Waals surface area contributed by atoms with Crippen LogP contribution in [-0.4, -0.2) is 9.28 Å². The van der Waals surface area contributed by atoms with Gasteiger partial charge in [0.05, 0.1) is 0 Å². The predicted octanol–water partition coefficient (Wildman–Crippen LogP) is 3.61. The van der Waals surface area contributed by atoms with Gasteiger partial charge in [-0.3, -0.25) is 0 Å². The molecule has 0 aliphatic rings. The molecular weight excluding hydrogens is 240 g/mol. The monoisotopic (exact) mass is 258 g/mol. The van der Waals surface area contributed by atoms with Crippen LogP contribution in [0.4, 0.5) is 0 Å². The maximum Gasteiger partial charge on any atom is 0.440 e. The van der Waals surface area contributed by atoms with Crippen LogP contribution < -0.4 is 8.85 Å². The summed E-state index contributed by atoms with van der Waals surface area (Å²) in [5.74, 6) is 1.84. The third-order valence-electron chi connectivity index (χ3n) is 2.77. The Kier molecular flexibility index (Phi) is 4.05. The summed E-state index contributed by atoms with van der Waals surface area (Å²) in [6.07, 6.45) is 0. The molecule has 0 amide bonds. The molecule has 0 unspecified atom stereocenters. The first kappa shape index (κ1) is 12.7. The third kappa shape index (κ3) is 3.14. The van der Waals surface area contributed by atoms with E-state index in [0.717, 1.165) is 22.6 Å². The first-order chi connectivity index (χ1) is 8.66. The molecule has 0 atom stereocenters. The number of hydrogen-bond acceptors (Lipinski definition) is 2. The topological polar surface area (TPSA) is 18.5 Å². The van der Waals surface area contributed by atoms with Crippen molar-refractivity contribution in [3.05, 3.63) is 59.7 Å². The molecule has 0 radical (unpaired) electrons. The number of aryl methyl sites for hydroxylation is 2. The molecule has 0 spiro atoms. The first-order valence-electron chi connectivity index (χ1n) is 6.11. The molecule has 0 N–H and O–H groups in total. The molecule has 2 aromatic rings. The van der Waals surface area contributed by atoms with E-state index in [0.29, 0.717) is 0 Å². The van der Waals surface area contributed by atoms with Crippen molar-refractivity contribution < 1.29 is 8.85 Å². The second-order valence-electron chi connectivity index (χ2n) is 4.33. The Morgan fingerprint density at radius 3 is 1.50 bits per heavy atom. The Balaban J connectivity index is 2.04. The van der Waals surface area contributed by atoms with E-state index in [4.69, 9.17) is 8.85 Å². The summed E-state index contributed by atoms with van der Waals surface area (Å²) in [7, 11) is -1.71. The van der Waals surface area contributed by atoms with E-state index in [9.17, 15) is 0 Å². The fraction of sp³-hybridized carbons (Fsp3) is 0.200. The second-order valence-corrected chi connectivity index (χ2v) is 5.94. The van der Waals surface area contributed by atoms with Gasteiger partial charge in [0.2, 0.25) is 0 Å². The van der Waals surface area contributed by atoms with Gasteiger partial charge in [0.15, 0.2) is 0 Å². The van der Waals surface area contributed by atoms with Crippen LogP contribution >= 0.6 is 0 Å². The standard InChI is InChI=1S/C15H18O2Si/c1-12-8-4-6-10-14(12)16-18(3)17-15-11-7-5-9-13(15)2/h4-11,18H,1-3H3. The van der Waals surface area contributed by atoms with Crippen molar-refractivity contribution in [3.63, 3.8) is 0 Å². The van der Waals surface area contributed by atoms with E-state index < -0.39 is 9.28 Å². The Hall–Kier alpha value is -1.74. The van der Waals surface area contributed by atoms with Crippen LogP contribution in [0.5, 0.6) is 11.5 Å². The zero-order chi connectivity index (χ0) is 13.0. The third-order valence-corrected chi connectivity index (χ3v) is 3.94. The van der Waals surface area contributed by atoms with E-state index in [1.807, 2.05) is 68.9 Å². The highest BCUT2D eigenvalue weighted by Crippen LogP contribution is 2.20. The van der Waals surface area contributed by atoms with Crippen LogP contribution in [0, 0.1) is 13.8 Å². The van der Waals surface area contributed by atoms with E-state index in [1.54, 1.807) is 0 Å². The van der Waals surface area contributed by atoms with Crippen LogP contribution in [0.25, 0.3) is 0 Å². The molecule has 18 heavy (non-hydrogen) atoms. The van der Waals surface area contributed by atoms with Gasteiger partial charge in [-0.25, -0.2) is 0 Å². The summed E-state index contributed by atoms with van der Waals surface area (Å²) in [4.78, 5) is 0. The Morgan fingerprint density at radius 1 is 0.722 bits per heavy atom. The molecule has 0 saturated heterocycles. The van der Waals surface area contributed by atoms with E-state index in [2.05, 4.69) is 0 Å². The minimum atomic E-state index is -1.71. The zero-order valence-electron chi connectivity index (χ0n) is 11.0. The minimum absolute atomic E-state index is 0.922. The average Bonchev–Trinajstić information content (AvgIpc) is 2.35. The quantitative estimate of drug-likeness (QED) is 0.780. The summed E-state index contributed by atoms with van der Waals surface area (Å²) in [5, 5.41) is 0. The van der Waals surface area contributed by atoms with Crippen molar-refractivity contribution in [2.24, 2.45) is 0 Å². The number of para-hydroxylation sites is 2. The van der Waals surface area contributed by atoms with E-state index in [1.165, 1.54) is 0 Å². The lowest BCUT2D eigenvalue weighted by atomic mass is 10.2. The van der Waals surface area contributed by atoms with Gasteiger partial charge in [0.1, 0.15) is 11.5 Å².